The molecule has 1 amide bonds. The van der Waals surface area contributed by atoms with Gasteiger partial charge in [-0.25, -0.2) is 14.6 Å². The number of nitrogens with one attached hydrogen (secondary N) is 2. The van der Waals surface area contributed by atoms with Crippen LogP contribution in [0.3, 0.4) is 0 Å². The molecule has 41 heavy (non-hydrogen) atoms. The van der Waals surface area contributed by atoms with E-state index in [1.54, 1.807) is 16.8 Å². The number of nitrogens with zero attached hydrogens (tertiary/aromatic N) is 5. The second-order valence-corrected chi connectivity index (χ2v) is 12.8. The first-order valence-electron chi connectivity index (χ1n) is 14.7. The Hall–Kier alpha value is -3.47. The fraction of sp³-hybridized carbons (Fsp3) is 0.533. The average molecular weight is 578 g/mol. The highest BCUT2D eigenvalue weighted by Crippen LogP contribution is 2.40. The number of carbonyl (C=O) groups is 1. The summed E-state index contributed by atoms with van der Waals surface area (Å²) >= 11 is 0.999. The molecule has 1 saturated heterocycles. The highest BCUT2D eigenvalue weighted by atomic mass is 32.2. The summed E-state index contributed by atoms with van der Waals surface area (Å²) in [6.07, 6.45) is 11.2. The molecule has 2 aliphatic heterocycles. The Balaban J connectivity index is 1.28. The molecule has 11 heteroatoms. The van der Waals surface area contributed by atoms with Crippen LogP contribution in [-0.4, -0.2) is 56.0 Å². The SMILES string of the molecule is CC1(C)C[C@@H]2CCCNc3ccc(O)c(n3)SNC(=O)c3ccc(-n4ccc(OCCC5CCCC5)n4)nc3N1C2. The summed E-state index contributed by atoms with van der Waals surface area (Å²) in [5, 5.41) is 18.6. The van der Waals surface area contributed by atoms with Crippen molar-refractivity contribution in [2.75, 3.05) is 29.9 Å². The molecular formula is C30H39N7O3S. The van der Waals surface area contributed by atoms with Crippen LogP contribution in [0.5, 0.6) is 11.6 Å². The maximum Gasteiger partial charge on any atom is 0.265 e. The first-order valence-corrected chi connectivity index (χ1v) is 15.6. The quantitative estimate of drug-likeness (QED) is 0.334. The first-order chi connectivity index (χ1) is 19.9. The smallest absolute Gasteiger partial charge is 0.265 e. The maximum atomic E-state index is 13.5. The van der Waals surface area contributed by atoms with Gasteiger partial charge in [0.1, 0.15) is 17.4 Å². The number of rotatable bonds is 5. The van der Waals surface area contributed by atoms with Crippen molar-refractivity contribution >= 4 is 29.5 Å². The van der Waals surface area contributed by atoms with Gasteiger partial charge in [0.25, 0.3) is 5.91 Å². The van der Waals surface area contributed by atoms with Crippen LogP contribution < -0.4 is 19.7 Å². The van der Waals surface area contributed by atoms with Crippen molar-refractivity contribution in [2.24, 2.45) is 11.8 Å². The Kier molecular flexibility index (Phi) is 7.96. The molecule has 0 radical (unpaired) electrons. The van der Waals surface area contributed by atoms with Crippen LogP contribution in [0.25, 0.3) is 5.82 Å². The van der Waals surface area contributed by atoms with E-state index in [2.05, 4.69) is 38.9 Å². The molecule has 5 heterocycles. The lowest BCUT2D eigenvalue weighted by Crippen LogP contribution is -2.40. The third-order valence-electron chi connectivity index (χ3n) is 8.55. The third-order valence-corrected chi connectivity index (χ3v) is 9.33. The molecule has 1 atom stereocenters. The second kappa shape index (κ2) is 11.8. The molecule has 218 valence electrons. The number of ether oxygens (including phenoxy) is 1. The van der Waals surface area contributed by atoms with E-state index in [0.29, 0.717) is 46.4 Å². The van der Waals surface area contributed by atoms with E-state index in [1.807, 2.05) is 24.4 Å². The topological polar surface area (TPSA) is 117 Å². The van der Waals surface area contributed by atoms with E-state index in [-0.39, 0.29) is 17.2 Å². The number of hydrogen-bond acceptors (Lipinski definition) is 9. The van der Waals surface area contributed by atoms with Gasteiger partial charge in [0, 0.05) is 42.8 Å². The molecule has 4 bridgehead atoms. The lowest BCUT2D eigenvalue weighted by molar-refractivity contribution is 0.0984. The molecule has 1 saturated carbocycles. The predicted molar refractivity (Wildman–Crippen MR) is 160 cm³/mol. The van der Waals surface area contributed by atoms with E-state index >= 15 is 0 Å². The van der Waals surface area contributed by atoms with E-state index < -0.39 is 0 Å². The summed E-state index contributed by atoms with van der Waals surface area (Å²) < 4.78 is 10.6. The van der Waals surface area contributed by atoms with Crippen molar-refractivity contribution in [2.45, 2.75) is 75.8 Å². The molecule has 6 rings (SSSR count). The Labute approximate surface area is 245 Å². The molecule has 0 spiro atoms. The number of aromatic hydroxyl groups is 1. The molecule has 3 aromatic heterocycles. The molecule has 2 fully saturated rings. The van der Waals surface area contributed by atoms with Crippen molar-refractivity contribution < 1.29 is 14.6 Å². The van der Waals surface area contributed by atoms with E-state index in [4.69, 9.17) is 9.72 Å². The van der Waals surface area contributed by atoms with Crippen LogP contribution in [0.2, 0.25) is 0 Å². The zero-order valence-electron chi connectivity index (χ0n) is 23.8. The lowest BCUT2D eigenvalue weighted by Gasteiger charge is -2.34. The highest BCUT2D eigenvalue weighted by Gasteiger charge is 2.40. The van der Waals surface area contributed by atoms with Crippen molar-refractivity contribution in [3.63, 3.8) is 0 Å². The molecule has 0 unspecified atom stereocenters. The molecule has 1 aliphatic carbocycles. The van der Waals surface area contributed by atoms with E-state index in [1.165, 1.54) is 25.7 Å². The van der Waals surface area contributed by atoms with Gasteiger partial charge in [-0.1, -0.05) is 25.7 Å². The molecule has 3 N–H and O–H groups in total. The summed E-state index contributed by atoms with van der Waals surface area (Å²) in [6.45, 7) is 6.71. The first kappa shape index (κ1) is 27.7. The highest BCUT2D eigenvalue weighted by molar-refractivity contribution is 7.98. The van der Waals surface area contributed by atoms with Crippen LogP contribution in [0, 0.1) is 11.8 Å². The van der Waals surface area contributed by atoms with Gasteiger partial charge in [0.15, 0.2) is 10.8 Å². The second-order valence-electron chi connectivity index (χ2n) is 12.0. The predicted octanol–water partition coefficient (Wildman–Crippen LogP) is 5.57. The average Bonchev–Trinajstić information content (AvgIpc) is 3.71. The molecule has 0 aromatic carbocycles. The molecule has 3 aromatic rings. The maximum absolute atomic E-state index is 13.5. The normalized spacial score (nSPS) is 21.0. The number of fused-ring (bicyclic) bond motifs is 6. The summed E-state index contributed by atoms with van der Waals surface area (Å²) in [4.78, 5) is 25.3. The van der Waals surface area contributed by atoms with Crippen molar-refractivity contribution in [1.29, 1.82) is 0 Å². The van der Waals surface area contributed by atoms with Crippen LogP contribution in [0.1, 0.15) is 75.6 Å². The van der Waals surface area contributed by atoms with Crippen LogP contribution in [0.4, 0.5) is 11.6 Å². The Bertz CT molecular complexity index is 1390. The molecule has 3 aliphatic rings. The van der Waals surface area contributed by atoms with Gasteiger partial charge < -0.3 is 20.1 Å². The fourth-order valence-corrected chi connectivity index (χ4v) is 7.02. The zero-order valence-corrected chi connectivity index (χ0v) is 24.6. The molecular weight excluding hydrogens is 538 g/mol. The van der Waals surface area contributed by atoms with Crippen LogP contribution in [0.15, 0.2) is 41.6 Å². The van der Waals surface area contributed by atoms with Gasteiger partial charge in [-0.3, -0.25) is 9.52 Å². The number of aromatic nitrogens is 4. The van der Waals surface area contributed by atoms with Gasteiger partial charge >= 0.3 is 0 Å². The summed E-state index contributed by atoms with van der Waals surface area (Å²) in [5.41, 5.74) is 0.296. The lowest BCUT2D eigenvalue weighted by atomic mass is 9.93. The standard InChI is InChI=1S/C30H39N7O3S/c1-30(2)18-21-8-5-15-31-24-11-10-23(38)29(32-24)41-35-28(39)22-9-12-25(33-27(22)36(30)19-21)37-16-13-26(34-37)40-17-14-20-6-3-4-7-20/h9-13,16,20-21,38H,3-8,14-15,17-19H2,1-2H3,(H,31,32)(H,35,39)/t21-/m0/s1. The Morgan fingerprint density at radius 1 is 1.10 bits per heavy atom. The summed E-state index contributed by atoms with van der Waals surface area (Å²) in [6, 6.07) is 8.83. The zero-order chi connectivity index (χ0) is 28.4. The van der Waals surface area contributed by atoms with Crippen LogP contribution >= 0.6 is 11.9 Å². The minimum absolute atomic E-state index is 0.0164. The van der Waals surface area contributed by atoms with Crippen molar-refractivity contribution in [1.82, 2.24) is 24.5 Å². The Morgan fingerprint density at radius 3 is 2.80 bits per heavy atom. The minimum atomic E-state index is -0.297. The van der Waals surface area contributed by atoms with Crippen molar-refractivity contribution in [3.05, 3.63) is 42.1 Å². The monoisotopic (exact) mass is 577 g/mol. The van der Waals surface area contributed by atoms with E-state index in [0.717, 1.165) is 56.6 Å². The molecule has 10 nitrogen and oxygen atoms in total. The largest absolute Gasteiger partial charge is 0.505 e. The van der Waals surface area contributed by atoms with Gasteiger partial charge in [0.2, 0.25) is 5.88 Å². The van der Waals surface area contributed by atoms with Gasteiger partial charge in [-0.05, 0) is 75.6 Å². The number of pyridine rings is 2. The van der Waals surface area contributed by atoms with Crippen molar-refractivity contribution in [3.8, 4) is 17.4 Å². The summed E-state index contributed by atoms with van der Waals surface area (Å²) in [7, 11) is 0. The van der Waals surface area contributed by atoms with Crippen LogP contribution in [-0.2, 0) is 0 Å². The third kappa shape index (κ3) is 6.24. The number of carbonyl (C=O) groups excluding carboxylic acids is 1. The van der Waals surface area contributed by atoms with Gasteiger partial charge in [-0.2, -0.15) is 0 Å². The van der Waals surface area contributed by atoms with Gasteiger partial charge in [-0.15, -0.1) is 5.10 Å². The number of anilines is 2. The fourth-order valence-electron chi connectivity index (χ4n) is 6.41. The summed E-state index contributed by atoms with van der Waals surface area (Å²) in [5.74, 6) is 3.48. The number of hydrogen-bond donors (Lipinski definition) is 3. The van der Waals surface area contributed by atoms with E-state index in [9.17, 15) is 9.90 Å². The number of amides is 1. The Morgan fingerprint density at radius 2 is 1.95 bits per heavy atom. The van der Waals surface area contributed by atoms with Gasteiger partial charge in [0.05, 0.1) is 12.2 Å². The minimum Gasteiger partial charge on any atom is -0.505 e.